The average Bonchev–Trinajstić information content (AvgIpc) is 2.37. The largest absolute Gasteiger partial charge is 0.375 e. The standard InChI is InChI=1S/C13H16N2O2/c16-12(11-2-6-14-15-9-11)10-3-7-17-13(8-10)4-1-5-13/h2,6,9-10H,1,3-5,7-8H2. The molecule has 0 bridgehead atoms. The quantitative estimate of drug-likeness (QED) is 0.732. The van der Waals surface area contributed by atoms with Crippen molar-refractivity contribution < 1.29 is 9.53 Å². The number of aromatic nitrogens is 2. The van der Waals surface area contributed by atoms with E-state index in [-0.39, 0.29) is 17.3 Å². The van der Waals surface area contributed by atoms with Crippen LogP contribution in [0.5, 0.6) is 0 Å². The van der Waals surface area contributed by atoms with E-state index in [2.05, 4.69) is 10.2 Å². The Morgan fingerprint density at radius 2 is 2.29 bits per heavy atom. The predicted molar refractivity (Wildman–Crippen MR) is 61.6 cm³/mol. The molecule has 17 heavy (non-hydrogen) atoms. The van der Waals surface area contributed by atoms with Crippen molar-refractivity contribution in [1.82, 2.24) is 10.2 Å². The van der Waals surface area contributed by atoms with Gasteiger partial charge in [0.25, 0.3) is 0 Å². The van der Waals surface area contributed by atoms with E-state index in [0.717, 1.165) is 32.3 Å². The Morgan fingerprint density at radius 3 is 2.94 bits per heavy atom. The third-order valence-electron chi connectivity index (χ3n) is 4.00. The van der Waals surface area contributed by atoms with Crippen LogP contribution in [0.3, 0.4) is 0 Å². The van der Waals surface area contributed by atoms with E-state index in [1.807, 2.05) is 0 Å². The third-order valence-corrected chi connectivity index (χ3v) is 4.00. The van der Waals surface area contributed by atoms with Crippen LogP contribution in [0.1, 0.15) is 42.5 Å². The molecule has 2 aliphatic rings. The van der Waals surface area contributed by atoms with Crippen LogP contribution in [0, 0.1) is 5.92 Å². The third kappa shape index (κ3) is 1.97. The van der Waals surface area contributed by atoms with Gasteiger partial charge in [-0.2, -0.15) is 10.2 Å². The maximum atomic E-state index is 12.3. The van der Waals surface area contributed by atoms with Crippen LogP contribution < -0.4 is 0 Å². The molecule has 3 rings (SSSR count). The summed E-state index contributed by atoms with van der Waals surface area (Å²) in [7, 11) is 0. The van der Waals surface area contributed by atoms with Gasteiger partial charge in [-0.05, 0) is 38.2 Å². The second-order valence-corrected chi connectivity index (χ2v) is 5.07. The summed E-state index contributed by atoms with van der Waals surface area (Å²) in [5.41, 5.74) is 0.709. The number of hydrogen-bond donors (Lipinski definition) is 0. The Balaban J connectivity index is 1.74. The molecule has 1 saturated carbocycles. The first kappa shape index (κ1) is 10.8. The molecule has 1 aromatic heterocycles. The number of hydrogen-bond acceptors (Lipinski definition) is 4. The summed E-state index contributed by atoms with van der Waals surface area (Å²) in [6, 6.07) is 1.75. The van der Waals surface area contributed by atoms with Crippen LogP contribution in [0.15, 0.2) is 18.5 Å². The first-order valence-electron chi connectivity index (χ1n) is 6.24. The Kier molecular flexibility index (Phi) is 2.67. The van der Waals surface area contributed by atoms with Crippen molar-refractivity contribution in [2.75, 3.05) is 6.61 Å². The van der Waals surface area contributed by atoms with Crippen LogP contribution in [-0.2, 0) is 4.74 Å². The highest BCUT2D eigenvalue weighted by Crippen LogP contribution is 2.44. The van der Waals surface area contributed by atoms with E-state index < -0.39 is 0 Å². The Hall–Kier alpha value is -1.29. The number of nitrogens with zero attached hydrogens (tertiary/aromatic N) is 2. The average molecular weight is 232 g/mol. The van der Waals surface area contributed by atoms with Gasteiger partial charge in [-0.25, -0.2) is 0 Å². The molecule has 4 heteroatoms. The van der Waals surface area contributed by atoms with Gasteiger partial charge in [-0.3, -0.25) is 4.79 Å². The SMILES string of the molecule is O=C(c1ccnnc1)C1CCOC2(CCC2)C1. The molecule has 1 unspecified atom stereocenters. The maximum absolute atomic E-state index is 12.3. The molecule has 4 nitrogen and oxygen atoms in total. The zero-order valence-corrected chi connectivity index (χ0v) is 9.76. The molecule has 1 aliphatic carbocycles. The van der Waals surface area contributed by atoms with E-state index in [1.54, 1.807) is 18.5 Å². The summed E-state index contributed by atoms with van der Waals surface area (Å²) in [6.45, 7) is 0.717. The number of Topliss-reactive ketones (excluding diaryl/α,β-unsaturated/α-hetero) is 1. The topological polar surface area (TPSA) is 52.1 Å². The fourth-order valence-electron chi connectivity index (χ4n) is 2.84. The Bertz CT molecular complexity index is 415. The lowest BCUT2D eigenvalue weighted by molar-refractivity contribution is -0.137. The molecule has 90 valence electrons. The lowest BCUT2D eigenvalue weighted by Crippen LogP contribution is -2.47. The smallest absolute Gasteiger partial charge is 0.167 e. The molecular weight excluding hydrogens is 216 g/mol. The number of carbonyl (C=O) groups excluding carboxylic acids is 1. The summed E-state index contributed by atoms with van der Waals surface area (Å²) in [4.78, 5) is 12.3. The minimum absolute atomic E-state index is 0.0268. The van der Waals surface area contributed by atoms with Gasteiger partial charge in [0.1, 0.15) is 0 Å². The molecule has 1 saturated heterocycles. The summed E-state index contributed by atoms with van der Waals surface area (Å²) in [5, 5.41) is 7.47. The molecular formula is C13H16N2O2. The zero-order valence-electron chi connectivity index (χ0n) is 9.76. The van der Waals surface area contributed by atoms with Crippen molar-refractivity contribution in [1.29, 1.82) is 0 Å². The van der Waals surface area contributed by atoms with E-state index in [4.69, 9.17) is 4.74 Å². The van der Waals surface area contributed by atoms with E-state index in [1.165, 1.54) is 6.42 Å². The molecule has 1 aromatic rings. The van der Waals surface area contributed by atoms with Crippen LogP contribution in [-0.4, -0.2) is 28.2 Å². The Labute approximate surface area is 100 Å². The van der Waals surface area contributed by atoms with Gasteiger partial charge in [-0.15, -0.1) is 0 Å². The van der Waals surface area contributed by atoms with E-state index in [9.17, 15) is 4.79 Å². The van der Waals surface area contributed by atoms with Crippen LogP contribution >= 0.6 is 0 Å². The molecule has 0 N–H and O–H groups in total. The van der Waals surface area contributed by atoms with Crippen molar-refractivity contribution in [2.45, 2.75) is 37.7 Å². The van der Waals surface area contributed by atoms with Gasteiger partial charge in [0.2, 0.25) is 0 Å². The number of ketones is 1. The highest BCUT2D eigenvalue weighted by molar-refractivity contribution is 5.97. The second kappa shape index (κ2) is 4.18. The van der Waals surface area contributed by atoms with Crippen LogP contribution in [0.2, 0.25) is 0 Å². The Morgan fingerprint density at radius 1 is 1.41 bits per heavy atom. The minimum atomic E-state index is 0.0268. The van der Waals surface area contributed by atoms with Crippen molar-refractivity contribution >= 4 is 5.78 Å². The van der Waals surface area contributed by atoms with Crippen molar-refractivity contribution in [3.8, 4) is 0 Å². The molecule has 1 aliphatic heterocycles. The highest BCUT2D eigenvalue weighted by Gasteiger charge is 2.44. The van der Waals surface area contributed by atoms with Gasteiger partial charge in [0, 0.05) is 18.1 Å². The monoisotopic (exact) mass is 232 g/mol. The molecule has 2 heterocycles. The fourth-order valence-corrected chi connectivity index (χ4v) is 2.84. The second-order valence-electron chi connectivity index (χ2n) is 5.07. The fraction of sp³-hybridized carbons (Fsp3) is 0.615. The van der Waals surface area contributed by atoms with E-state index >= 15 is 0 Å². The molecule has 1 atom stereocenters. The summed E-state index contributed by atoms with van der Waals surface area (Å²) >= 11 is 0. The number of carbonyl (C=O) groups is 1. The van der Waals surface area contributed by atoms with Crippen molar-refractivity contribution in [3.05, 3.63) is 24.0 Å². The predicted octanol–water partition coefficient (Wildman–Crippen LogP) is 2.01. The van der Waals surface area contributed by atoms with E-state index in [0.29, 0.717) is 5.56 Å². The molecule has 2 fully saturated rings. The van der Waals surface area contributed by atoms with Gasteiger partial charge >= 0.3 is 0 Å². The van der Waals surface area contributed by atoms with Gasteiger partial charge in [-0.1, -0.05) is 0 Å². The molecule has 0 radical (unpaired) electrons. The summed E-state index contributed by atoms with van der Waals surface area (Å²) in [5.74, 6) is 0.308. The van der Waals surface area contributed by atoms with Crippen molar-refractivity contribution in [3.63, 3.8) is 0 Å². The summed E-state index contributed by atoms with van der Waals surface area (Å²) in [6.07, 6.45) is 8.32. The lowest BCUT2D eigenvalue weighted by Gasteiger charge is -2.46. The first-order valence-corrected chi connectivity index (χ1v) is 6.24. The number of rotatable bonds is 2. The minimum Gasteiger partial charge on any atom is -0.375 e. The zero-order chi connectivity index (χ0) is 11.7. The summed E-state index contributed by atoms with van der Waals surface area (Å²) < 4.78 is 5.84. The first-order chi connectivity index (χ1) is 8.29. The van der Waals surface area contributed by atoms with Crippen LogP contribution in [0.4, 0.5) is 0 Å². The molecule has 0 aromatic carbocycles. The number of ether oxygens (including phenoxy) is 1. The van der Waals surface area contributed by atoms with Gasteiger partial charge in [0.15, 0.2) is 5.78 Å². The highest BCUT2D eigenvalue weighted by atomic mass is 16.5. The molecule has 0 amide bonds. The maximum Gasteiger partial charge on any atom is 0.167 e. The molecule has 1 spiro atoms. The van der Waals surface area contributed by atoms with Crippen molar-refractivity contribution in [2.24, 2.45) is 5.92 Å². The van der Waals surface area contributed by atoms with Gasteiger partial charge < -0.3 is 4.74 Å². The normalized spacial score (nSPS) is 26.5. The van der Waals surface area contributed by atoms with Gasteiger partial charge in [0.05, 0.1) is 18.0 Å². The lowest BCUT2D eigenvalue weighted by atomic mass is 9.70. The van der Waals surface area contributed by atoms with Crippen LogP contribution in [0.25, 0.3) is 0 Å².